The first-order valence-corrected chi connectivity index (χ1v) is 13.9. The van der Waals surface area contributed by atoms with Crippen LogP contribution in [0.1, 0.15) is 6.92 Å². The number of nitrogens with zero attached hydrogens (tertiary/aromatic N) is 5. The van der Waals surface area contributed by atoms with Gasteiger partial charge in [0.05, 0.1) is 0 Å². The van der Waals surface area contributed by atoms with Crippen molar-refractivity contribution in [2.45, 2.75) is 13.5 Å². The predicted octanol–water partition coefficient (Wildman–Crippen LogP) is 5.70. The molecule has 5 aromatic rings. The van der Waals surface area contributed by atoms with Crippen LogP contribution in [0.25, 0.3) is 33.3 Å². The third kappa shape index (κ3) is 4.80. The standard InChI is InChI=1S/C30H30N6OS/c1-3-36-28-24(18-27(29(36)37)22-6-4-21(5-7-22)23-12-17-38-20-23)19-31-30(33-28)32-25-8-10-26(11-9-25)35-15-13-34(2)14-16-35/h4-12,17-20H,3,13-16H2,1-2H3,(H,31,32,33). The van der Waals surface area contributed by atoms with Crippen molar-refractivity contribution in [3.8, 4) is 22.3 Å². The molecule has 6 rings (SSSR count). The molecule has 0 radical (unpaired) electrons. The van der Waals surface area contributed by atoms with Crippen LogP contribution >= 0.6 is 11.3 Å². The zero-order chi connectivity index (χ0) is 26.1. The molecule has 8 heteroatoms. The lowest BCUT2D eigenvalue weighted by molar-refractivity contribution is 0.313. The highest BCUT2D eigenvalue weighted by Crippen LogP contribution is 2.27. The quantitative estimate of drug-likeness (QED) is 0.309. The zero-order valence-electron chi connectivity index (χ0n) is 21.6. The molecule has 1 saturated heterocycles. The molecule has 3 aromatic heterocycles. The minimum absolute atomic E-state index is 0.0514. The average Bonchev–Trinajstić information content (AvgIpc) is 3.49. The first-order chi connectivity index (χ1) is 18.6. The fraction of sp³-hybridized carbons (Fsp3) is 0.233. The molecule has 0 bridgehead atoms. The third-order valence-corrected chi connectivity index (χ3v) is 7.87. The first-order valence-electron chi connectivity index (χ1n) is 12.9. The molecular weight excluding hydrogens is 492 g/mol. The second-order valence-corrected chi connectivity index (χ2v) is 10.4. The van der Waals surface area contributed by atoms with Crippen molar-refractivity contribution < 1.29 is 0 Å². The van der Waals surface area contributed by atoms with Crippen LogP contribution < -0.4 is 15.8 Å². The summed E-state index contributed by atoms with van der Waals surface area (Å²) in [5.41, 5.74) is 6.58. The van der Waals surface area contributed by atoms with Crippen molar-refractivity contribution in [2.75, 3.05) is 43.4 Å². The Kier molecular flexibility index (Phi) is 6.66. The highest BCUT2D eigenvalue weighted by molar-refractivity contribution is 7.08. The van der Waals surface area contributed by atoms with E-state index in [9.17, 15) is 4.79 Å². The summed E-state index contributed by atoms with van der Waals surface area (Å²) in [4.78, 5) is 27.5. The van der Waals surface area contributed by atoms with E-state index in [0.29, 0.717) is 23.7 Å². The number of aryl methyl sites for hydroxylation is 1. The smallest absolute Gasteiger partial charge is 0.260 e. The molecule has 0 saturated carbocycles. The second kappa shape index (κ2) is 10.4. The van der Waals surface area contributed by atoms with Gasteiger partial charge in [-0.25, -0.2) is 4.98 Å². The van der Waals surface area contributed by atoms with Crippen LogP contribution in [0.5, 0.6) is 0 Å². The molecule has 0 amide bonds. The highest BCUT2D eigenvalue weighted by atomic mass is 32.1. The number of hydrogen-bond donors (Lipinski definition) is 1. The van der Waals surface area contributed by atoms with E-state index in [1.807, 2.05) is 25.1 Å². The van der Waals surface area contributed by atoms with Crippen LogP contribution in [0.4, 0.5) is 17.3 Å². The molecule has 0 spiro atoms. The van der Waals surface area contributed by atoms with E-state index in [0.717, 1.165) is 48.4 Å². The summed E-state index contributed by atoms with van der Waals surface area (Å²) in [5.74, 6) is 0.472. The van der Waals surface area contributed by atoms with Gasteiger partial charge in [-0.05, 0) is 77.8 Å². The number of anilines is 3. The molecule has 1 N–H and O–H groups in total. The largest absolute Gasteiger partial charge is 0.369 e. The van der Waals surface area contributed by atoms with Gasteiger partial charge in [0.2, 0.25) is 5.95 Å². The van der Waals surface area contributed by atoms with E-state index in [-0.39, 0.29) is 5.56 Å². The van der Waals surface area contributed by atoms with Gasteiger partial charge in [0.15, 0.2) is 0 Å². The van der Waals surface area contributed by atoms with Gasteiger partial charge in [0.1, 0.15) is 5.65 Å². The van der Waals surface area contributed by atoms with Crippen LogP contribution in [0.15, 0.2) is 82.4 Å². The lowest BCUT2D eigenvalue weighted by Crippen LogP contribution is -2.44. The second-order valence-electron chi connectivity index (χ2n) is 9.63. The Morgan fingerprint density at radius 1 is 0.921 bits per heavy atom. The lowest BCUT2D eigenvalue weighted by atomic mass is 10.0. The number of hydrogen-bond acceptors (Lipinski definition) is 7. The molecule has 38 heavy (non-hydrogen) atoms. The minimum Gasteiger partial charge on any atom is -0.369 e. The van der Waals surface area contributed by atoms with Crippen molar-refractivity contribution in [3.05, 3.63) is 88.0 Å². The van der Waals surface area contributed by atoms with Gasteiger partial charge < -0.3 is 15.1 Å². The summed E-state index contributed by atoms with van der Waals surface area (Å²) < 4.78 is 1.72. The molecule has 0 aliphatic carbocycles. The van der Waals surface area contributed by atoms with Crippen LogP contribution in [0.2, 0.25) is 0 Å². The van der Waals surface area contributed by atoms with Crippen molar-refractivity contribution in [3.63, 3.8) is 0 Å². The maximum absolute atomic E-state index is 13.5. The first kappa shape index (κ1) is 24.3. The Bertz CT molecular complexity index is 1600. The fourth-order valence-electron chi connectivity index (χ4n) is 4.94. The summed E-state index contributed by atoms with van der Waals surface area (Å²) in [6, 6.07) is 20.5. The maximum Gasteiger partial charge on any atom is 0.260 e. The van der Waals surface area contributed by atoms with Gasteiger partial charge in [-0.15, -0.1) is 0 Å². The summed E-state index contributed by atoms with van der Waals surface area (Å²) >= 11 is 1.68. The number of pyridine rings is 1. The number of aromatic nitrogens is 3. The number of nitrogens with one attached hydrogen (secondary N) is 1. The van der Waals surface area contributed by atoms with Crippen LogP contribution in [-0.2, 0) is 6.54 Å². The van der Waals surface area contributed by atoms with Gasteiger partial charge in [0.25, 0.3) is 5.56 Å². The molecule has 1 fully saturated rings. The number of benzene rings is 2. The molecule has 4 heterocycles. The molecule has 0 atom stereocenters. The minimum atomic E-state index is -0.0514. The Labute approximate surface area is 226 Å². The van der Waals surface area contributed by atoms with Crippen LogP contribution in [-0.4, -0.2) is 52.7 Å². The van der Waals surface area contributed by atoms with E-state index < -0.39 is 0 Å². The van der Waals surface area contributed by atoms with E-state index in [2.05, 4.69) is 80.4 Å². The molecule has 1 aliphatic rings. The summed E-state index contributed by atoms with van der Waals surface area (Å²) in [7, 11) is 2.16. The predicted molar refractivity (Wildman–Crippen MR) is 158 cm³/mol. The van der Waals surface area contributed by atoms with Gasteiger partial charge in [0, 0.05) is 61.2 Å². The molecule has 7 nitrogen and oxygen atoms in total. The van der Waals surface area contributed by atoms with E-state index in [1.54, 1.807) is 22.1 Å². The highest BCUT2D eigenvalue weighted by Gasteiger charge is 2.15. The average molecular weight is 523 g/mol. The van der Waals surface area contributed by atoms with Crippen molar-refractivity contribution in [2.24, 2.45) is 0 Å². The lowest BCUT2D eigenvalue weighted by Gasteiger charge is -2.34. The van der Waals surface area contributed by atoms with Crippen molar-refractivity contribution in [1.29, 1.82) is 0 Å². The maximum atomic E-state index is 13.5. The normalized spacial score (nSPS) is 14.2. The molecule has 2 aromatic carbocycles. The van der Waals surface area contributed by atoms with E-state index >= 15 is 0 Å². The topological polar surface area (TPSA) is 66.3 Å². The number of thiophene rings is 1. The molecule has 0 unspecified atom stereocenters. The SMILES string of the molecule is CCn1c(=O)c(-c2ccc(-c3ccsc3)cc2)cc2cnc(Nc3ccc(N4CCN(C)CC4)cc3)nc21. The van der Waals surface area contributed by atoms with Gasteiger partial charge in [-0.1, -0.05) is 24.3 Å². The Hall–Kier alpha value is -4.01. The van der Waals surface area contributed by atoms with E-state index in [1.165, 1.54) is 11.3 Å². The number of likely N-dealkylation sites (N-methyl/N-ethyl adjacent to an activating group) is 1. The Morgan fingerprint density at radius 3 is 2.34 bits per heavy atom. The summed E-state index contributed by atoms with van der Waals surface area (Å²) in [5, 5.41) is 8.33. The monoisotopic (exact) mass is 522 g/mol. The summed E-state index contributed by atoms with van der Waals surface area (Å²) in [6.07, 6.45) is 1.79. The van der Waals surface area contributed by atoms with Gasteiger partial charge in [-0.3, -0.25) is 9.36 Å². The van der Waals surface area contributed by atoms with Crippen molar-refractivity contribution in [1.82, 2.24) is 19.4 Å². The number of piperazine rings is 1. The summed E-state index contributed by atoms with van der Waals surface area (Å²) in [6.45, 7) is 6.71. The van der Waals surface area contributed by atoms with Crippen LogP contribution in [0, 0.1) is 0 Å². The fourth-order valence-corrected chi connectivity index (χ4v) is 5.60. The Balaban J connectivity index is 1.26. The molecular formula is C30H30N6OS. The van der Waals surface area contributed by atoms with Crippen LogP contribution in [0.3, 0.4) is 0 Å². The molecule has 1 aliphatic heterocycles. The van der Waals surface area contributed by atoms with Gasteiger partial charge in [-0.2, -0.15) is 16.3 Å². The molecule has 192 valence electrons. The zero-order valence-corrected chi connectivity index (χ0v) is 22.4. The van der Waals surface area contributed by atoms with E-state index in [4.69, 9.17) is 4.98 Å². The number of fused-ring (bicyclic) bond motifs is 1. The third-order valence-electron chi connectivity index (χ3n) is 7.19. The van der Waals surface area contributed by atoms with Gasteiger partial charge >= 0.3 is 0 Å². The van der Waals surface area contributed by atoms with Crippen molar-refractivity contribution >= 4 is 39.7 Å². The number of rotatable bonds is 6. The Morgan fingerprint density at radius 2 is 1.66 bits per heavy atom.